The molecule has 0 amide bonds. The predicted octanol–water partition coefficient (Wildman–Crippen LogP) is 14.4. The smallest absolute Gasteiger partial charge is 0.188 e. The molecule has 0 aliphatic rings. The molecule has 11 rings (SSSR count). The van der Waals surface area contributed by atoms with Crippen LogP contribution in [0.4, 0.5) is 5.69 Å². The summed E-state index contributed by atoms with van der Waals surface area (Å²) in [7, 11) is 0. The predicted molar refractivity (Wildman–Crippen MR) is 237 cm³/mol. The van der Waals surface area contributed by atoms with Crippen LogP contribution in [0.2, 0.25) is 0 Å². The monoisotopic (exact) mass is 740 g/mol. The highest BCUT2D eigenvalue weighted by Crippen LogP contribution is 2.46. The van der Waals surface area contributed by atoms with Gasteiger partial charge in [0.25, 0.3) is 0 Å². The van der Waals surface area contributed by atoms with Crippen molar-refractivity contribution in [2.45, 2.75) is 0 Å². The summed E-state index contributed by atoms with van der Waals surface area (Å²) in [5, 5.41) is 3.05. The highest BCUT2D eigenvalue weighted by atomic mass is 16.3. The SMILES string of the molecule is [C-]#[N+]c1ccc2c(c1)c1cc(-c3ccccc3)ccc1n2-c1c(-c2ccccc2)cc(-c2nc(-c3ccccc3)nc3c2oc2ccccc23)cc1-c1ccccc1. The maximum Gasteiger partial charge on any atom is 0.188 e. The molecule has 3 aromatic heterocycles. The molecule has 0 spiro atoms. The zero-order valence-corrected chi connectivity index (χ0v) is 31.2. The summed E-state index contributed by atoms with van der Waals surface area (Å²) in [5.41, 5.74) is 14.9. The topological polar surface area (TPSA) is 48.2 Å². The average Bonchev–Trinajstić information content (AvgIpc) is 3.84. The van der Waals surface area contributed by atoms with E-state index in [2.05, 4.69) is 137 Å². The zero-order chi connectivity index (χ0) is 38.6. The number of hydrogen-bond donors (Lipinski definition) is 0. The second-order valence-corrected chi connectivity index (χ2v) is 14.4. The summed E-state index contributed by atoms with van der Waals surface area (Å²) < 4.78 is 9.04. The standard InChI is InChI=1S/C53H32N4O/c1-54-40-27-29-47-45(33-40)44-30-38(34-16-6-2-7-17-34)26-28-46(44)57(47)51-42(35-18-8-3-9-19-35)31-39(32-43(51)36-20-10-4-11-21-36)49-52-50(41-24-14-15-25-48(41)58-52)56-53(55-49)37-22-12-5-13-23-37/h2-33H. The van der Waals surface area contributed by atoms with Gasteiger partial charge in [-0.15, -0.1) is 0 Å². The van der Waals surface area contributed by atoms with Gasteiger partial charge < -0.3 is 8.98 Å². The molecule has 0 unspecified atom stereocenters. The highest BCUT2D eigenvalue weighted by Gasteiger charge is 2.25. The molecular weight excluding hydrogens is 709 g/mol. The molecule has 0 aliphatic carbocycles. The molecule has 8 aromatic carbocycles. The van der Waals surface area contributed by atoms with Crippen LogP contribution in [0.1, 0.15) is 0 Å². The quantitative estimate of drug-likeness (QED) is 0.160. The Bertz CT molecular complexity index is 3320. The van der Waals surface area contributed by atoms with Crippen molar-refractivity contribution in [1.29, 1.82) is 0 Å². The molecule has 3 heterocycles. The molecule has 0 N–H and O–H groups in total. The Balaban J connectivity index is 1.28. The van der Waals surface area contributed by atoms with E-state index in [0.717, 1.165) is 94.2 Å². The number of furan rings is 1. The number of benzene rings is 8. The van der Waals surface area contributed by atoms with Crippen LogP contribution < -0.4 is 0 Å². The summed E-state index contributed by atoms with van der Waals surface area (Å²) in [6.45, 7) is 7.94. The second kappa shape index (κ2) is 13.6. The minimum Gasteiger partial charge on any atom is -0.452 e. The lowest BCUT2D eigenvalue weighted by Crippen LogP contribution is -2.02. The fourth-order valence-electron chi connectivity index (χ4n) is 8.32. The average molecular weight is 741 g/mol. The molecule has 0 bridgehead atoms. The highest BCUT2D eigenvalue weighted by molar-refractivity contribution is 6.13. The first kappa shape index (κ1) is 33.3. The lowest BCUT2D eigenvalue weighted by molar-refractivity contribution is 0.667. The van der Waals surface area contributed by atoms with E-state index in [0.29, 0.717) is 17.1 Å². The van der Waals surface area contributed by atoms with Crippen LogP contribution in [0.5, 0.6) is 0 Å². The summed E-state index contributed by atoms with van der Waals surface area (Å²) in [5.74, 6) is 0.633. The van der Waals surface area contributed by atoms with E-state index in [-0.39, 0.29) is 0 Å². The largest absolute Gasteiger partial charge is 0.452 e. The van der Waals surface area contributed by atoms with Crippen molar-refractivity contribution in [3.8, 4) is 61.7 Å². The van der Waals surface area contributed by atoms with E-state index in [1.807, 2.05) is 66.7 Å². The normalized spacial score (nSPS) is 11.4. The van der Waals surface area contributed by atoms with Gasteiger partial charge in [0.2, 0.25) is 0 Å². The Labute approximate surface area is 334 Å². The third-order valence-electron chi connectivity index (χ3n) is 11.0. The Morgan fingerprint density at radius 2 is 1.00 bits per heavy atom. The fourth-order valence-corrected chi connectivity index (χ4v) is 8.32. The Kier molecular flexibility index (Phi) is 7.80. The summed E-state index contributed by atoms with van der Waals surface area (Å²) in [4.78, 5) is 14.3. The number of rotatable bonds is 6. The first-order chi connectivity index (χ1) is 28.7. The lowest BCUT2D eigenvalue weighted by atomic mass is 9.91. The van der Waals surface area contributed by atoms with Crippen LogP contribution in [0, 0.1) is 6.57 Å². The molecule has 0 radical (unpaired) electrons. The van der Waals surface area contributed by atoms with Gasteiger partial charge in [-0.05, 0) is 76.2 Å². The van der Waals surface area contributed by atoms with E-state index in [4.69, 9.17) is 21.0 Å². The van der Waals surface area contributed by atoms with Crippen molar-refractivity contribution in [2.24, 2.45) is 0 Å². The second-order valence-electron chi connectivity index (χ2n) is 14.4. The molecule has 5 heteroatoms. The van der Waals surface area contributed by atoms with Crippen molar-refractivity contribution in [3.05, 3.63) is 206 Å². The maximum atomic E-state index is 7.94. The van der Waals surface area contributed by atoms with Gasteiger partial charge in [-0.3, -0.25) is 0 Å². The number of hydrogen-bond acceptors (Lipinski definition) is 3. The number of fused-ring (bicyclic) bond motifs is 6. The van der Waals surface area contributed by atoms with Gasteiger partial charge in [-0.25, -0.2) is 14.8 Å². The van der Waals surface area contributed by atoms with E-state index in [1.165, 1.54) is 0 Å². The third-order valence-corrected chi connectivity index (χ3v) is 11.0. The number of nitrogens with zero attached hydrogens (tertiary/aromatic N) is 4. The van der Waals surface area contributed by atoms with Crippen LogP contribution in [0.25, 0.3) is 110 Å². The number of para-hydroxylation sites is 1. The molecule has 11 aromatic rings. The number of aromatic nitrogens is 3. The minimum atomic E-state index is 0.603. The molecule has 0 aliphatic heterocycles. The first-order valence-corrected chi connectivity index (χ1v) is 19.3. The Morgan fingerprint density at radius 1 is 0.448 bits per heavy atom. The van der Waals surface area contributed by atoms with E-state index < -0.39 is 0 Å². The summed E-state index contributed by atoms with van der Waals surface area (Å²) in [6, 6.07) is 67.0. The zero-order valence-electron chi connectivity index (χ0n) is 31.2. The molecule has 0 atom stereocenters. The molecule has 0 saturated carbocycles. The maximum absolute atomic E-state index is 7.94. The third kappa shape index (κ3) is 5.47. The molecular formula is C53H32N4O. The Morgan fingerprint density at radius 3 is 1.64 bits per heavy atom. The van der Waals surface area contributed by atoms with Gasteiger partial charge in [-0.2, -0.15) is 0 Å². The van der Waals surface area contributed by atoms with Gasteiger partial charge in [0, 0.05) is 33.0 Å². The van der Waals surface area contributed by atoms with Crippen LogP contribution in [0.3, 0.4) is 0 Å². The Hall–Kier alpha value is -8.07. The van der Waals surface area contributed by atoms with Crippen molar-refractivity contribution >= 4 is 49.6 Å². The van der Waals surface area contributed by atoms with E-state index in [1.54, 1.807) is 0 Å². The van der Waals surface area contributed by atoms with Crippen molar-refractivity contribution in [1.82, 2.24) is 14.5 Å². The van der Waals surface area contributed by atoms with Crippen molar-refractivity contribution in [2.75, 3.05) is 0 Å². The van der Waals surface area contributed by atoms with Crippen molar-refractivity contribution in [3.63, 3.8) is 0 Å². The molecule has 270 valence electrons. The van der Waals surface area contributed by atoms with Gasteiger partial charge in [0.05, 0.1) is 23.3 Å². The lowest BCUT2D eigenvalue weighted by Gasteiger charge is -2.21. The van der Waals surface area contributed by atoms with Gasteiger partial charge in [0.15, 0.2) is 17.1 Å². The molecule has 58 heavy (non-hydrogen) atoms. The fraction of sp³-hybridized carbons (Fsp3) is 0. The van der Waals surface area contributed by atoms with Crippen molar-refractivity contribution < 1.29 is 4.42 Å². The van der Waals surface area contributed by atoms with Gasteiger partial charge in [-0.1, -0.05) is 146 Å². The molecule has 5 nitrogen and oxygen atoms in total. The summed E-state index contributed by atoms with van der Waals surface area (Å²) >= 11 is 0. The van der Waals surface area contributed by atoms with Gasteiger partial charge in [0.1, 0.15) is 16.8 Å². The summed E-state index contributed by atoms with van der Waals surface area (Å²) in [6.07, 6.45) is 0. The molecule has 0 fully saturated rings. The van der Waals surface area contributed by atoms with Crippen LogP contribution in [-0.2, 0) is 0 Å². The van der Waals surface area contributed by atoms with E-state index in [9.17, 15) is 0 Å². The van der Waals surface area contributed by atoms with Crippen LogP contribution >= 0.6 is 0 Å². The van der Waals surface area contributed by atoms with Crippen LogP contribution in [-0.4, -0.2) is 14.5 Å². The van der Waals surface area contributed by atoms with Crippen LogP contribution in [0.15, 0.2) is 199 Å². The van der Waals surface area contributed by atoms with E-state index >= 15 is 0 Å². The first-order valence-electron chi connectivity index (χ1n) is 19.3. The van der Waals surface area contributed by atoms with Gasteiger partial charge >= 0.3 is 0 Å². The minimum absolute atomic E-state index is 0.603. The molecule has 0 saturated heterocycles.